The van der Waals surface area contributed by atoms with Gasteiger partial charge < -0.3 is 19.7 Å². The molecule has 11 atom stereocenters. The van der Waals surface area contributed by atoms with Crippen LogP contribution in [0.4, 0.5) is 0 Å². The Hall–Kier alpha value is -0.160. The lowest BCUT2D eigenvalue weighted by atomic mass is 9.65. The molecule has 2 fully saturated rings. The standard InChI is InChI=1S/C32H62O4/c1-9-11-25(6)35-20-27-17-22(3)12-14-29(27)24(5)19-31(33)26(7)30-15-13-23(4)18-28(30)21-36-32(8,34)16-10-2/h22-31,33-34H,9-21H2,1-8H3/t22-,23-,24?,25?,26?,27?,28?,29+,30+,31?,32+/m1/s1. The summed E-state index contributed by atoms with van der Waals surface area (Å²) in [6.45, 7) is 19.2. The van der Waals surface area contributed by atoms with E-state index >= 15 is 0 Å². The van der Waals surface area contributed by atoms with Gasteiger partial charge in [0.15, 0.2) is 5.79 Å². The Balaban J connectivity index is 1.98. The van der Waals surface area contributed by atoms with E-state index in [-0.39, 0.29) is 12.0 Å². The Morgan fingerprint density at radius 3 is 2.03 bits per heavy atom. The zero-order valence-corrected chi connectivity index (χ0v) is 25.2. The number of aliphatic hydroxyl groups excluding tert-OH is 1. The van der Waals surface area contributed by atoms with Crippen molar-refractivity contribution in [1.82, 2.24) is 0 Å². The van der Waals surface area contributed by atoms with Crippen LogP contribution >= 0.6 is 0 Å². The molecule has 4 nitrogen and oxygen atoms in total. The van der Waals surface area contributed by atoms with Crippen LogP contribution in [-0.2, 0) is 9.47 Å². The minimum absolute atomic E-state index is 0.256. The van der Waals surface area contributed by atoms with Crippen LogP contribution < -0.4 is 0 Å². The van der Waals surface area contributed by atoms with E-state index in [0.29, 0.717) is 54.6 Å². The highest BCUT2D eigenvalue weighted by atomic mass is 16.6. The van der Waals surface area contributed by atoms with Crippen LogP contribution in [0.1, 0.15) is 126 Å². The number of hydrogen-bond donors (Lipinski definition) is 2. The molecule has 0 aromatic heterocycles. The second kappa shape index (κ2) is 15.4. The lowest BCUT2D eigenvalue weighted by Crippen LogP contribution is -2.40. The fourth-order valence-corrected chi connectivity index (χ4v) is 7.52. The van der Waals surface area contributed by atoms with E-state index in [4.69, 9.17) is 9.47 Å². The van der Waals surface area contributed by atoms with Crippen molar-refractivity contribution in [3.05, 3.63) is 0 Å². The summed E-state index contributed by atoms with van der Waals surface area (Å²) in [5, 5.41) is 22.0. The van der Waals surface area contributed by atoms with Crippen molar-refractivity contribution < 1.29 is 19.7 Å². The summed E-state index contributed by atoms with van der Waals surface area (Å²) in [7, 11) is 0. The van der Waals surface area contributed by atoms with E-state index in [2.05, 4.69) is 48.5 Å². The van der Waals surface area contributed by atoms with Gasteiger partial charge >= 0.3 is 0 Å². The highest BCUT2D eigenvalue weighted by molar-refractivity contribution is 4.88. The van der Waals surface area contributed by atoms with Crippen LogP contribution in [-0.4, -0.2) is 41.4 Å². The summed E-state index contributed by atoms with van der Waals surface area (Å²) in [5.74, 6) is 3.32. The smallest absolute Gasteiger partial charge is 0.162 e. The second-order valence-electron chi connectivity index (χ2n) is 13.5. The van der Waals surface area contributed by atoms with Gasteiger partial charge in [-0.1, -0.05) is 67.2 Å². The Morgan fingerprint density at radius 1 is 0.861 bits per heavy atom. The van der Waals surface area contributed by atoms with Gasteiger partial charge in [-0.15, -0.1) is 0 Å². The summed E-state index contributed by atoms with van der Waals surface area (Å²) in [6, 6.07) is 0. The number of ether oxygens (including phenoxy) is 2. The molecule has 2 rings (SSSR count). The average molecular weight is 511 g/mol. The molecule has 2 saturated carbocycles. The SMILES string of the molecule is CCCC(C)OCC1C[C@H](C)CC[C@H]1C(C)CC(O)C(C)[C@@H]1CC[C@@H](C)CC1CO[C@](C)(O)CCC. The monoisotopic (exact) mass is 510 g/mol. The quantitative estimate of drug-likeness (QED) is 0.220. The first kappa shape index (κ1) is 32.1. The maximum absolute atomic E-state index is 11.5. The van der Waals surface area contributed by atoms with Gasteiger partial charge in [-0.05, 0) is 99.7 Å². The van der Waals surface area contributed by atoms with E-state index < -0.39 is 5.79 Å². The summed E-state index contributed by atoms with van der Waals surface area (Å²) in [5.41, 5.74) is 0. The van der Waals surface area contributed by atoms with Crippen LogP contribution in [0, 0.1) is 47.3 Å². The van der Waals surface area contributed by atoms with Gasteiger partial charge in [0, 0.05) is 6.42 Å². The van der Waals surface area contributed by atoms with Crippen molar-refractivity contribution >= 4 is 0 Å². The molecular formula is C32H62O4. The summed E-state index contributed by atoms with van der Waals surface area (Å²) >= 11 is 0. The third-order valence-corrected chi connectivity index (χ3v) is 9.85. The zero-order chi connectivity index (χ0) is 26.9. The Kier molecular flexibility index (Phi) is 13.7. The largest absolute Gasteiger partial charge is 0.393 e. The van der Waals surface area contributed by atoms with Crippen molar-refractivity contribution in [2.75, 3.05) is 13.2 Å². The number of aliphatic hydroxyl groups is 2. The van der Waals surface area contributed by atoms with E-state index in [0.717, 1.165) is 44.6 Å². The van der Waals surface area contributed by atoms with E-state index in [9.17, 15) is 10.2 Å². The van der Waals surface area contributed by atoms with Crippen molar-refractivity contribution in [3.8, 4) is 0 Å². The maximum atomic E-state index is 11.5. The molecule has 36 heavy (non-hydrogen) atoms. The van der Waals surface area contributed by atoms with Crippen LogP contribution in [0.2, 0.25) is 0 Å². The molecule has 4 heteroatoms. The molecule has 0 spiro atoms. The predicted octanol–water partition coefficient (Wildman–Crippen LogP) is 7.84. The van der Waals surface area contributed by atoms with Gasteiger partial charge in [0.25, 0.3) is 0 Å². The molecule has 0 aromatic carbocycles. The number of rotatable bonds is 15. The maximum Gasteiger partial charge on any atom is 0.162 e. The first-order valence-corrected chi connectivity index (χ1v) is 15.6. The molecule has 0 amide bonds. The molecule has 2 aliphatic carbocycles. The summed E-state index contributed by atoms with van der Waals surface area (Å²) < 4.78 is 12.3. The van der Waals surface area contributed by atoms with Gasteiger partial charge in [0.2, 0.25) is 0 Å². The predicted molar refractivity (Wildman–Crippen MR) is 151 cm³/mol. The highest BCUT2D eigenvalue weighted by Gasteiger charge is 2.39. The second-order valence-corrected chi connectivity index (χ2v) is 13.5. The summed E-state index contributed by atoms with van der Waals surface area (Å²) in [6.07, 6.45) is 12.2. The van der Waals surface area contributed by atoms with Crippen molar-refractivity contribution in [1.29, 1.82) is 0 Å². The minimum atomic E-state index is -1.04. The molecule has 0 heterocycles. The highest BCUT2D eigenvalue weighted by Crippen LogP contribution is 2.43. The lowest BCUT2D eigenvalue weighted by molar-refractivity contribution is -0.208. The fourth-order valence-electron chi connectivity index (χ4n) is 7.52. The van der Waals surface area contributed by atoms with Crippen LogP contribution in [0.5, 0.6) is 0 Å². The van der Waals surface area contributed by atoms with Crippen LogP contribution in [0.25, 0.3) is 0 Å². The van der Waals surface area contributed by atoms with Crippen molar-refractivity contribution in [3.63, 3.8) is 0 Å². The van der Waals surface area contributed by atoms with E-state index in [1.165, 1.54) is 32.1 Å². The molecule has 6 unspecified atom stereocenters. The first-order valence-electron chi connectivity index (χ1n) is 15.6. The van der Waals surface area contributed by atoms with Crippen molar-refractivity contribution in [2.24, 2.45) is 47.3 Å². The average Bonchev–Trinajstić information content (AvgIpc) is 2.81. The Morgan fingerprint density at radius 2 is 1.44 bits per heavy atom. The van der Waals surface area contributed by atoms with Gasteiger partial charge in [-0.3, -0.25) is 0 Å². The van der Waals surface area contributed by atoms with E-state index in [1.54, 1.807) is 6.92 Å². The fraction of sp³-hybridized carbons (Fsp3) is 1.00. The Labute approximate surface area is 224 Å². The first-order chi connectivity index (χ1) is 17.0. The molecule has 2 aliphatic rings. The van der Waals surface area contributed by atoms with E-state index in [1.807, 2.05) is 0 Å². The third kappa shape index (κ3) is 10.2. The molecule has 0 radical (unpaired) electrons. The minimum Gasteiger partial charge on any atom is -0.393 e. The van der Waals surface area contributed by atoms with Gasteiger partial charge in [0.05, 0.1) is 25.4 Å². The van der Waals surface area contributed by atoms with Crippen LogP contribution in [0.3, 0.4) is 0 Å². The molecule has 214 valence electrons. The van der Waals surface area contributed by atoms with Crippen molar-refractivity contribution in [2.45, 2.75) is 144 Å². The molecule has 0 bridgehead atoms. The molecule has 0 aromatic rings. The van der Waals surface area contributed by atoms with Crippen LogP contribution in [0.15, 0.2) is 0 Å². The molecular weight excluding hydrogens is 448 g/mol. The van der Waals surface area contributed by atoms with Gasteiger partial charge in [-0.25, -0.2) is 0 Å². The van der Waals surface area contributed by atoms with Gasteiger partial charge in [-0.2, -0.15) is 0 Å². The lowest BCUT2D eigenvalue weighted by Gasteiger charge is -2.43. The molecule has 0 aliphatic heterocycles. The zero-order valence-electron chi connectivity index (χ0n) is 25.2. The topological polar surface area (TPSA) is 58.9 Å². The molecule has 0 saturated heterocycles. The molecule has 2 N–H and O–H groups in total. The summed E-state index contributed by atoms with van der Waals surface area (Å²) in [4.78, 5) is 0. The van der Waals surface area contributed by atoms with Gasteiger partial charge in [0.1, 0.15) is 0 Å². The number of hydrogen-bond acceptors (Lipinski definition) is 4. The normalized spacial score (nSPS) is 34.5. The third-order valence-electron chi connectivity index (χ3n) is 9.85. The Bertz CT molecular complexity index is 593.